The van der Waals surface area contributed by atoms with Crippen molar-refractivity contribution in [2.24, 2.45) is 0 Å². The summed E-state index contributed by atoms with van der Waals surface area (Å²) in [5.41, 5.74) is 31.7. The van der Waals surface area contributed by atoms with E-state index < -0.39 is 0 Å². The molecule has 8 bridgehead atoms. The van der Waals surface area contributed by atoms with Gasteiger partial charge < -0.3 is 52.8 Å². The standard InChI is InChI=1S/C32H20N12.Cu/c33-13-1-5-17-21(9-13)29-37-25(17)41-30-22-10-14(34)2-6-18(22)27(38-30)43-32-24-12-16(36)4-8-20(24)28(40-32)44-31-23-11-15(35)3-7-19(23)26(39-31)42-29;/h1-12H,33-36H2;/q-2;. The number of aromatic nitrogens is 8. The van der Waals surface area contributed by atoms with Crippen LogP contribution >= 0.6 is 0 Å². The molecule has 3 aromatic heterocycles. The number of benzene rings is 4. The van der Waals surface area contributed by atoms with E-state index >= 15 is 0 Å². The van der Waals surface area contributed by atoms with Gasteiger partial charge in [0, 0.05) is 84.7 Å². The normalized spacial score (nSPS) is 11.7. The Hall–Kier alpha value is -6.04. The molecule has 0 fully saturated rings. The van der Waals surface area contributed by atoms with Gasteiger partial charge in [0.15, 0.2) is 0 Å². The molecule has 45 heavy (non-hydrogen) atoms. The van der Waals surface area contributed by atoms with Crippen molar-refractivity contribution in [2.45, 2.75) is 0 Å². The Labute approximate surface area is 264 Å². The second kappa shape index (κ2) is 9.48. The number of nitrogen functional groups attached to an aromatic ring is 4. The van der Waals surface area contributed by atoms with Crippen molar-refractivity contribution in [1.82, 2.24) is 39.9 Å². The van der Waals surface area contributed by atoms with E-state index in [1.807, 2.05) is 48.5 Å². The van der Waals surface area contributed by atoms with Crippen molar-refractivity contribution in [2.75, 3.05) is 22.9 Å². The molecule has 0 atom stereocenters. The van der Waals surface area contributed by atoms with Gasteiger partial charge in [0.1, 0.15) is 0 Å². The number of anilines is 4. The smallest absolute Gasteiger partial charge is 0.0928 e. The summed E-state index contributed by atoms with van der Waals surface area (Å²) in [6, 6.07) is 22.0. The fraction of sp³-hybridized carbons (Fsp3) is 0. The van der Waals surface area contributed by atoms with Crippen LogP contribution in [0.5, 0.6) is 0 Å². The topological polar surface area (TPSA) is 210 Å². The van der Waals surface area contributed by atoms with Gasteiger partial charge in [-0.25, -0.2) is 9.97 Å². The minimum Gasteiger partial charge on any atom is -0.399 e. The Bertz CT molecular complexity index is 2390. The molecule has 0 unspecified atom stereocenters. The molecular weight excluding hydrogens is 616 g/mol. The fourth-order valence-electron chi connectivity index (χ4n) is 5.73. The third kappa shape index (κ3) is 4.06. The summed E-state index contributed by atoms with van der Waals surface area (Å²) in [6.07, 6.45) is 0. The molecule has 221 valence electrons. The van der Waals surface area contributed by atoms with E-state index in [0.717, 1.165) is 43.8 Å². The van der Waals surface area contributed by atoms with Crippen LogP contribution in [0, 0.1) is 0 Å². The number of hydrogen-bond donors (Lipinski definition) is 4. The molecule has 12 nitrogen and oxygen atoms in total. The van der Waals surface area contributed by atoms with Crippen molar-refractivity contribution in [3.63, 3.8) is 0 Å². The van der Waals surface area contributed by atoms with E-state index in [1.165, 1.54) is 0 Å². The maximum atomic E-state index is 6.19. The maximum Gasteiger partial charge on any atom is 0.0928 e. The van der Waals surface area contributed by atoms with Crippen LogP contribution in [-0.2, 0) is 17.1 Å². The average Bonchev–Trinajstić information content (AvgIpc) is 3.71. The summed E-state index contributed by atoms with van der Waals surface area (Å²) >= 11 is 0. The summed E-state index contributed by atoms with van der Waals surface area (Å²) < 4.78 is 0. The fourth-order valence-corrected chi connectivity index (χ4v) is 5.73. The van der Waals surface area contributed by atoms with E-state index in [4.69, 9.17) is 62.8 Å². The number of rotatable bonds is 0. The zero-order chi connectivity index (χ0) is 29.7. The third-order valence-corrected chi connectivity index (χ3v) is 7.80. The van der Waals surface area contributed by atoms with E-state index in [1.54, 1.807) is 24.3 Å². The molecule has 13 heteroatoms. The number of hydrogen-bond acceptors (Lipinski definition) is 10. The molecule has 4 aromatic carbocycles. The minimum atomic E-state index is 0. The van der Waals surface area contributed by atoms with Crippen LogP contribution in [0.3, 0.4) is 0 Å². The van der Waals surface area contributed by atoms with E-state index in [-0.39, 0.29) is 17.1 Å². The Kier molecular flexibility index (Phi) is 5.60. The van der Waals surface area contributed by atoms with Crippen LogP contribution in [-0.4, -0.2) is 29.9 Å². The first-order valence-electron chi connectivity index (χ1n) is 13.7. The van der Waals surface area contributed by atoms with Crippen molar-refractivity contribution < 1.29 is 17.1 Å². The van der Waals surface area contributed by atoms with Crippen LogP contribution in [0.4, 0.5) is 22.7 Å². The predicted octanol–water partition coefficient (Wildman–Crippen LogP) is 4.45. The Morgan fingerprint density at radius 3 is 1.11 bits per heavy atom. The van der Waals surface area contributed by atoms with Crippen LogP contribution in [0.2, 0.25) is 0 Å². The van der Waals surface area contributed by atoms with Crippen molar-refractivity contribution in [3.8, 4) is 45.6 Å². The molecular formula is C32H20CuN12-2. The van der Waals surface area contributed by atoms with E-state index in [9.17, 15) is 0 Å². The Morgan fingerprint density at radius 2 is 0.689 bits per heavy atom. The largest absolute Gasteiger partial charge is 0.399 e. The first-order valence-corrected chi connectivity index (χ1v) is 13.7. The third-order valence-electron chi connectivity index (χ3n) is 7.80. The molecule has 0 saturated heterocycles. The average molecular weight is 636 g/mol. The molecule has 0 aliphatic carbocycles. The molecule has 0 amide bonds. The van der Waals surface area contributed by atoms with Gasteiger partial charge >= 0.3 is 0 Å². The van der Waals surface area contributed by atoms with Gasteiger partial charge in [0.2, 0.25) is 0 Å². The number of nitrogens with zero attached hydrogens (tertiary/aromatic N) is 8. The second-order valence-corrected chi connectivity index (χ2v) is 10.7. The van der Waals surface area contributed by atoms with Gasteiger partial charge in [-0.2, -0.15) is 0 Å². The van der Waals surface area contributed by atoms with Gasteiger partial charge in [-0.05, 0) is 82.2 Å². The van der Waals surface area contributed by atoms with Crippen molar-refractivity contribution in [3.05, 3.63) is 72.8 Å². The predicted molar refractivity (Wildman–Crippen MR) is 172 cm³/mol. The zero-order valence-corrected chi connectivity index (χ0v) is 24.1. The summed E-state index contributed by atoms with van der Waals surface area (Å²) in [6.45, 7) is 0. The van der Waals surface area contributed by atoms with Crippen LogP contribution < -0.4 is 32.9 Å². The van der Waals surface area contributed by atoms with E-state index in [0.29, 0.717) is 68.6 Å². The summed E-state index contributed by atoms with van der Waals surface area (Å²) in [7, 11) is 0. The quantitative estimate of drug-likeness (QED) is 0.134. The van der Waals surface area contributed by atoms with Crippen molar-refractivity contribution in [1.29, 1.82) is 0 Å². The molecule has 5 heterocycles. The molecule has 2 aliphatic rings. The maximum absolute atomic E-state index is 6.19. The molecule has 0 spiro atoms. The summed E-state index contributed by atoms with van der Waals surface area (Å²) in [5.74, 6) is 1.68. The molecule has 9 rings (SSSR count). The van der Waals surface area contributed by atoms with Crippen LogP contribution in [0.1, 0.15) is 0 Å². The van der Waals surface area contributed by atoms with E-state index in [2.05, 4.69) is 0 Å². The van der Waals surface area contributed by atoms with Gasteiger partial charge in [0.25, 0.3) is 0 Å². The zero-order valence-electron chi connectivity index (χ0n) is 23.1. The monoisotopic (exact) mass is 635 g/mol. The molecule has 1 radical (unpaired) electrons. The van der Waals surface area contributed by atoms with Gasteiger partial charge in [-0.1, -0.05) is 12.1 Å². The second-order valence-electron chi connectivity index (χ2n) is 10.7. The SMILES string of the molecule is Nc1ccc2c(c1)-c1nc-2nc2[n-]c(nc3nc(nc4[n-]c(n1)c1ccc(N)cc41)-c1ccc(N)cc1-3)c1ccc(N)cc21.[Cu]. The van der Waals surface area contributed by atoms with Crippen LogP contribution in [0.25, 0.3) is 89.7 Å². The Balaban J connectivity index is 0.00000300. The van der Waals surface area contributed by atoms with Crippen LogP contribution in [0.15, 0.2) is 72.8 Å². The molecule has 2 aliphatic heterocycles. The summed E-state index contributed by atoms with van der Waals surface area (Å²) in [4.78, 5) is 39.0. The first kappa shape index (κ1) is 26.6. The van der Waals surface area contributed by atoms with Gasteiger partial charge in [0.05, 0.1) is 23.3 Å². The number of fused-ring (bicyclic) bond motifs is 20. The molecule has 0 saturated carbocycles. The first-order chi connectivity index (χ1) is 21.4. The summed E-state index contributed by atoms with van der Waals surface area (Å²) in [5, 5.41) is 2.97. The molecule has 7 aromatic rings. The van der Waals surface area contributed by atoms with Gasteiger partial charge in [-0.15, -0.1) is 0 Å². The molecule has 8 N–H and O–H groups in total. The minimum absolute atomic E-state index is 0. The van der Waals surface area contributed by atoms with Crippen molar-refractivity contribution >= 4 is 66.9 Å². The Morgan fingerprint density at radius 1 is 0.356 bits per heavy atom. The number of nitrogens with two attached hydrogens (primary N) is 4. The van der Waals surface area contributed by atoms with Gasteiger partial charge in [-0.3, -0.25) is 0 Å².